The molecule has 0 radical (unpaired) electrons. The van der Waals surface area contributed by atoms with Crippen LogP contribution in [0.3, 0.4) is 0 Å². The molecule has 3 aromatic rings. The first-order valence-electron chi connectivity index (χ1n) is 12.1. The maximum absolute atomic E-state index is 15.2. The van der Waals surface area contributed by atoms with Gasteiger partial charge in [0.2, 0.25) is 0 Å². The van der Waals surface area contributed by atoms with E-state index in [1.54, 1.807) is 38.8 Å². The lowest BCUT2D eigenvalue weighted by Crippen LogP contribution is -2.42. The van der Waals surface area contributed by atoms with Crippen molar-refractivity contribution in [1.29, 1.82) is 0 Å². The first kappa shape index (κ1) is 29.2. The van der Waals surface area contributed by atoms with E-state index in [2.05, 4.69) is 4.18 Å². The lowest BCUT2D eigenvalue weighted by Gasteiger charge is -2.29. The van der Waals surface area contributed by atoms with Crippen LogP contribution >= 0.6 is 0 Å². The van der Waals surface area contributed by atoms with Gasteiger partial charge in [0.25, 0.3) is 5.56 Å². The standard InChI is InChI=1S/C26H27F4N3O6S/c1-25(2,3)38-24(35)31(4)18-10-11-32(15-18)22-8-5-17(14-21(22)27)33-12-9-16-13-19(6-7-20(16)23(33)34)39-40(36,37)26(28,29)30/h5-9,12-14,18H,10-11,15H2,1-4H3. The summed E-state index contributed by atoms with van der Waals surface area (Å²) in [6, 6.07) is 8.49. The van der Waals surface area contributed by atoms with Crippen LogP contribution in [0, 0.1) is 5.82 Å². The van der Waals surface area contributed by atoms with Gasteiger partial charge in [0.1, 0.15) is 17.2 Å². The average molecular weight is 586 g/mol. The molecule has 0 spiro atoms. The third kappa shape index (κ3) is 6.01. The van der Waals surface area contributed by atoms with Gasteiger partial charge >= 0.3 is 21.7 Å². The summed E-state index contributed by atoms with van der Waals surface area (Å²) in [5.41, 5.74) is -6.35. The Balaban J connectivity index is 1.54. The van der Waals surface area contributed by atoms with Crippen LogP contribution in [-0.4, -0.2) is 61.3 Å². The lowest BCUT2D eigenvalue weighted by molar-refractivity contribution is -0.0500. The quantitative estimate of drug-likeness (QED) is 0.241. The van der Waals surface area contributed by atoms with E-state index in [1.807, 2.05) is 0 Å². The van der Waals surface area contributed by atoms with Gasteiger partial charge in [0.15, 0.2) is 0 Å². The molecule has 2 heterocycles. The van der Waals surface area contributed by atoms with Crippen molar-refractivity contribution < 1.29 is 39.7 Å². The Morgan fingerprint density at radius 1 is 1.07 bits per heavy atom. The molecule has 14 heteroatoms. The highest BCUT2D eigenvalue weighted by Crippen LogP contribution is 2.30. The molecule has 1 saturated heterocycles. The van der Waals surface area contributed by atoms with Crippen LogP contribution in [0.1, 0.15) is 27.2 Å². The maximum atomic E-state index is 15.2. The van der Waals surface area contributed by atoms with E-state index in [1.165, 1.54) is 29.3 Å². The molecule has 9 nitrogen and oxygen atoms in total. The molecule has 1 aromatic heterocycles. The molecule has 0 N–H and O–H groups in total. The van der Waals surface area contributed by atoms with Gasteiger partial charge in [-0.3, -0.25) is 9.36 Å². The number of amides is 1. The van der Waals surface area contributed by atoms with Gasteiger partial charge in [-0.25, -0.2) is 9.18 Å². The van der Waals surface area contributed by atoms with Crippen LogP contribution in [0.25, 0.3) is 16.5 Å². The fourth-order valence-electron chi connectivity index (χ4n) is 4.32. The number of rotatable bonds is 5. The van der Waals surface area contributed by atoms with Gasteiger partial charge in [0, 0.05) is 37.8 Å². The first-order chi connectivity index (χ1) is 18.5. The highest BCUT2D eigenvalue weighted by molar-refractivity contribution is 7.88. The molecule has 216 valence electrons. The highest BCUT2D eigenvalue weighted by Gasteiger charge is 2.48. The Labute approximate surface area is 227 Å². The van der Waals surface area contributed by atoms with Gasteiger partial charge in [-0.05, 0) is 69.0 Å². The Bertz CT molecular complexity index is 1620. The molecule has 40 heavy (non-hydrogen) atoms. The number of aromatic nitrogens is 1. The molecule has 1 fully saturated rings. The predicted octanol–water partition coefficient (Wildman–Crippen LogP) is 4.80. The molecular weight excluding hydrogens is 558 g/mol. The number of hydrogen-bond acceptors (Lipinski definition) is 7. The number of nitrogens with zero attached hydrogens (tertiary/aromatic N) is 3. The molecule has 2 aromatic carbocycles. The SMILES string of the molecule is CN(C(=O)OC(C)(C)C)C1CCN(c2ccc(-n3ccc4cc(OS(=O)(=O)C(F)(F)F)ccc4c3=O)cc2F)C1. The van der Waals surface area contributed by atoms with Gasteiger partial charge in [-0.2, -0.15) is 21.6 Å². The van der Waals surface area contributed by atoms with Crippen molar-refractivity contribution >= 4 is 32.7 Å². The van der Waals surface area contributed by atoms with Crippen LogP contribution in [0.2, 0.25) is 0 Å². The molecule has 1 aliphatic rings. The average Bonchev–Trinajstić information content (AvgIpc) is 3.31. The number of likely N-dealkylation sites (N-methyl/N-ethyl adjacent to an activating group) is 1. The van der Waals surface area contributed by atoms with Gasteiger partial charge in [-0.1, -0.05) is 0 Å². The Morgan fingerprint density at radius 2 is 1.77 bits per heavy atom. The Hall–Kier alpha value is -3.81. The van der Waals surface area contributed by atoms with E-state index in [4.69, 9.17) is 4.74 Å². The topological polar surface area (TPSA) is 98.1 Å². The summed E-state index contributed by atoms with van der Waals surface area (Å²) < 4.78 is 86.3. The number of fused-ring (bicyclic) bond motifs is 1. The number of benzene rings is 2. The van der Waals surface area contributed by atoms with Gasteiger partial charge in [-0.15, -0.1) is 0 Å². The van der Waals surface area contributed by atoms with Crippen molar-refractivity contribution in [2.45, 2.75) is 44.3 Å². The van der Waals surface area contributed by atoms with Crippen LogP contribution in [-0.2, 0) is 14.9 Å². The van der Waals surface area contributed by atoms with E-state index in [0.29, 0.717) is 25.2 Å². The predicted molar refractivity (Wildman–Crippen MR) is 140 cm³/mol. The van der Waals surface area contributed by atoms with Crippen molar-refractivity contribution in [2.24, 2.45) is 0 Å². The second kappa shape index (κ2) is 10.3. The summed E-state index contributed by atoms with van der Waals surface area (Å²) in [6.07, 6.45) is 1.44. The van der Waals surface area contributed by atoms with Crippen LogP contribution in [0.4, 0.5) is 28.0 Å². The van der Waals surface area contributed by atoms with E-state index in [0.717, 1.165) is 22.8 Å². The number of pyridine rings is 1. The number of carbonyl (C=O) groups excluding carboxylic acids is 1. The number of carbonyl (C=O) groups is 1. The minimum absolute atomic E-state index is 0.0521. The minimum Gasteiger partial charge on any atom is -0.444 e. The molecule has 0 bridgehead atoms. The second-order valence-electron chi connectivity index (χ2n) is 10.3. The molecule has 1 atom stereocenters. The fourth-order valence-corrected chi connectivity index (χ4v) is 4.77. The zero-order chi connectivity index (χ0) is 29.6. The minimum atomic E-state index is -5.87. The summed E-state index contributed by atoms with van der Waals surface area (Å²) >= 11 is 0. The molecule has 1 amide bonds. The molecule has 0 saturated carbocycles. The fraction of sp³-hybridized carbons (Fsp3) is 0.385. The summed E-state index contributed by atoms with van der Waals surface area (Å²) in [5, 5.41) is 0.182. The number of halogens is 4. The second-order valence-corrected chi connectivity index (χ2v) is 11.9. The number of ether oxygens (including phenoxy) is 1. The lowest BCUT2D eigenvalue weighted by atomic mass is 10.1. The van der Waals surface area contributed by atoms with E-state index in [9.17, 15) is 31.2 Å². The smallest absolute Gasteiger partial charge is 0.444 e. The Morgan fingerprint density at radius 3 is 2.40 bits per heavy atom. The van der Waals surface area contributed by atoms with Crippen molar-refractivity contribution in [3.8, 4) is 11.4 Å². The maximum Gasteiger partial charge on any atom is 0.534 e. The monoisotopic (exact) mass is 585 g/mol. The number of alkyl halides is 3. The summed E-state index contributed by atoms with van der Waals surface area (Å²) in [7, 11) is -4.23. The van der Waals surface area contributed by atoms with Crippen LogP contribution < -0.4 is 14.6 Å². The first-order valence-corrected chi connectivity index (χ1v) is 13.5. The normalized spacial score (nSPS) is 16.3. The van der Waals surface area contributed by atoms with Gasteiger partial charge < -0.3 is 18.7 Å². The zero-order valence-corrected chi connectivity index (χ0v) is 22.8. The third-order valence-corrected chi connectivity index (χ3v) is 7.29. The number of anilines is 1. The Kier molecular flexibility index (Phi) is 7.52. The van der Waals surface area contributed by atoms with Crippen molar-refractivity contribution in [1.82, 2.24) is 9.47 Å². The molecule has 1 unspecified atom stereocenters. The largest absolute Gasteiger partial charge is 0.534 e. The zero-order valence-electron chi connectivity index (χ0n) is 22.0. The van der Waals surface area contributed by atoms with E-state index < -0.39 is 44.4 Å². The third-order valence-electron chi connectivity index (χ3n) is 6.31. The van der Waals surface area contributed by atoms with E-state index >= 15 is 4.39 Å². The summed E-state index contributed by atoms with van der Waals surface area (Å²) in [4.78, 5) is 28.8. The molecule has 0 aliphatic carbocycles. The summed E-state index contributed by atoms with van der Waals surface area (Å²) in [5.74, 6) is -1.20. The molecule has 4 rings (SSSR count). The number of hydrogen-bond donors (Lipinski definition) is 0. The highest BCUT2D eigenvalue weighted by atomic mass is 32.2. The van der Waals surface area contributed by atoms with Crippen molar-refractivity contribution in [3.05, 3.63) is 64.8 Å². The van der Waals surface area contributed by atoms with Crippen LogP contribution in [0.5, 0.6) is 5.75 Å². The van der Waals surface area contributed by atoms with Crippen molar-refractivity contribution in [2.75, 3.05) is 25.0 Å². The molecule has 1 aliphatic heterocycles. The van der Waals surface area contributed by atoms with Crippen molar-refractivity contribution in [3.63, 3.8) is 0 Å². The molecular formula is C26H27F4N3O6S. The van der Waals surface area contributed by atoms with Gasteiger partial charge in [0.05, 0.1) is 17.4 Å². The van der Waals surface area contributed by atoms with Crippen LogP contribution in [0.15, 0.2) is 53.5 Å². The van der Waals surface area contributed by atoms with E-state index in [-0.39, 0.29) is 22.5 Å². The summed E-state index contributed by atoms with van der Waals surface area (Å²) in [6.45, 7) is 6.20.